The smallest absolute Gasteiger partial charge is 0.220 e. The molecule has 3 nitrogen and oxygen atoms in total. The van der Waals surface area contributed by atoms with Crippen molar-refractivity contribution in [2.24, 2.45) is 0 Å². The summed E-state index contributed by atoms with van der Waals surface area (Å²) in [5.74, 6) is 2.04. The van der Waals surface area contributed by atoms with Crippen molar-refractivity contribution >= 4 is 0 Å². The van der Waals surface area contributed by atoms with Gasteiger partial charge in [-0.25, -0.2) is 4.98 Å². The van der Waals surface area contributed by atoms with Crippen LogP contribution in [0.5, 0.6) is 5.88 Å². The lowest BCUT2D eigenvalue weighted by Crippen LogP contribution is -2.10. The second-order valence-electron chi connectivity index (χ2n) is 6.99. The zero-order valence-electron chi connectivity index (χ0n) is 17.4. The third-order valence-corrected chi connectivity index (χ3v) is 5.20. The highest BCUT2D eigenvalue weighted by Gasteiger charge is 2.22. The lowest BCUT2D eigenvalue weighted by atomic mass is 9.89. The van der Waals surface area contributed by atoms with Gasteiger partial charge in [0.05, 0.1) is 7.11 Å². The van der Waals surface area contributed by atoms with E-state index in [1.165, 1.54) is 22.3 Å². The molecule has 0 radical (unpaired) electrons. The van der Waals surface area contributed by atoms with Crippen molar-refractivity contribution in [2.75, 3.05) is 7.11 Å². The van der Waals surface area contributed by atoms with Gasteiger partial charge in [-0.05, 0) is 49.7 Å². The highest BCUT2D eigenvalue weighted by atomic mass is 16.5. The number of aromatic nitrogens is 2. The van der Waals surface area contributed by atoms with Crippen LogP contribution in [0.4, 0.5) is 0 Å². The maximum Gasteiger partial charge on any atom is 0.220 e. The Bertz CT molecular complexity index is 696. The average molecular weight is 355 g/mol. The van der Waals surface area contributed by atoms with E-state index in [0.717, 1.165) is 55.9 Å². The first-order valence-electron chi connectivity index (χ1n) is 10.1. The molecule has 2 aromatic rings. The molecular formula is C23H34N2O. The normalized spacial score (nSPS) is 11.2. The van der Waals surface area contributed by atoms with E-state index in [2.05, 4.69) is 52.8 Å². The lowest BCUT2D eigenvalue weighted by Gasteiger charge is -2.21. The quantitative estimate of drug-likeness (QED) is 0.532. The number of hydrogen-bond acceptors (Lipinski definition) is 3. The largest absolute Gasteiger partial charge is 0.481 e. The van der Waals surface area contributed by atoms with Gasteiger partial charge < -0.3 is 4.74 Å². The number of aryl methyl sites for hydroxylation is 3. The van der Waals surface area contributed by atoms with E-state index in [-0.39, 0.29) is 0 Å². The van der Waals surface area contributed by atoms with E-state index in [4.69, 9.17) is 14.7 Å². The maximum absolute atomic E-state index is 5.76. The van der Waals surface area contributed by atoms with Gasteiger partial charge in [-0.15, -0.1) is 0 Å². The van der Waals surface area contributed by atoms with E-state index in [1.807, 2.05) is 0 Å². The zero-order chi connectivity index (χ0) is 19.1. The number of nitrogens with zero attached hydrogens (tertiary/aromatic N) is 2. The molecule has 0 atom stereocenters. The van der Waals surface area contributed by atoms with E-state index < -0.39 is 0 Å². The molecule has 0 bridgehead atoms. The molecule has 0 saturated heterocycles. The van der Waals surface area contributed by atoms with E-state index in [9.17, 15) is 0 Å². The summed E-state index contributed by atoms with van der Waals surface area (Å²) in [4.78, 5) is 9.86. The van der Waals surface area contributed by atoms with Crippen molar-refractivity contribution in [1.82, 2.24) is 9.97 Å². The minimum Gasteiger partial charge on any atom is -0.481 e. The summed E-state index contributed by atoms with van der Waals surface area (Å²) in [7, 11) is 1.73. The Labute approximate surface area is 159 Å². The monoisotopic (exact) mass is 354 g/mol. The van der Waals surface area contributed by atoms with E-state index in [1.54, 1.807) is 7.11 Å². The first-order valence-corrected chi connectivity index (χ1v) is 10.1. The van der Waals surface area contributed by atoms with Gasteiger partial charge in [0.2, 0.25) is 5.88 Å². The van der Waals surface area contributed by atoms with Crippen LogP contribution in [0.2, 0.25) is 0 Å². The lowest BCUT2D eigenvalue weighted by molar-refractivity contribution is 0.382. The average Bonchev–Trinajstić information content (AvgIpc) is 2.66. The molecule has 1 heterocycles. The van der Waals surface area contributed by atoms with Crippen LogP contribution in [-0.2, 0) is 12.8 Å². The molecular weight excluding hydrogens is 320 g/mol. The second-order valence-corrected chi connectivity index (χ2v) is 6.99. The molecule has 1 aromatic heterocycles. The summed E-state index contributed by atoms with van der Waals surface area (Å²) >= 11 is 0. The van der Waals surface area contributed by atoms with Crippen molar-refractivity contribution in [3.8, 4) is 17.3 Å². The molecule has 2 rings (SSSR count). The molecule has 3 heteroatoms. The topological polar surface area (TPSA) is 35.0 Å². The van der Waals surface area contributed by atoms with Crippen LogP contribution in [0.15, 0.2) is 18.2 Å². The summed E-state index contributed by atoms with van der Waals surface area (Å²) < 4.78 is 5.76. The highest BCUT2D eigenvalue weighted by molar-refractivity contribution is 5.66. The van der Waals surface area contributed by atoms with Crippen molar-refractivity contribution in [1.29, 1.82) is 0 Å². The molecule has 0 spiro atoms. The fourth-order valence-electron chi connectivity index (χ4n) is 3.95. The van der Waals surface area contributed by atoms with Crippen molar-refractivity contribution < 1.29 is 4.74 Å². The Kier molecular flexibility index (Phi) is 7.62. The number of hydrogen-bond donors (Lipinski definition) is 0. The fourth-order valence-corrected chi connectivity index (χ4v) is 3.95. The van der Waals surface area contributed by atoms with Crippen molar-refractivity contribution in [3.05, 3.63) is 40.6 Å². The number of benzene rings is 1. The Balaban J connectivity index is 2.63. The summed E-state index contributed by atoms with van der Waals surface area (Å²) in [6, 6.07) is 6.51. The van der Waals surface area contributed by atoms with Crippen LogP contribution in [0.1, 0.15) is 81.7 Å². The molecule has 0 fully saturated rings. The number of methoxy groups -OCH3 is 1. The Morgan fingerprint density at radius 2 is 1.50 bits per heavy atom. The van der Waals surface area contributed by atoms with Gasteiger partial charge in [-0.2, -0.15) is 4.98 Å². The van der Waals surface area contributed by atoms with Crippen molar-refractivity contribution in [3.63, 3.8) is 0 Å². The van der Waals surface area contributed by atoms with Crippen LogP contribution in [-0.4, -0.2) is 17.1 Å². The molecule has 26 heavy (non-hydrogen) atoms. The van der Waals surface area contributed by atoms with Gasteiger partial charge in [-0.3, -0.25) is 0 Å². The van der Waals surface area contributed by atoms with Gasteiger partial charge in [0, 0.05) is 16.8 Å². The third kappa shape index (κ3) is 4.25. The minimum atomic E-state index is 0.473. The van der Waals surface area contributed by atoms with Gasteiger partial charge in [0.15, 0.2) is 5.82 Å². The maximum atomic E-state index is 5.76. The fraction of sp³-hybridized carbons (Fsp3) is 0.565. The molecule has 0 aliphatic heterocycles. The Morgan fingerprint density at radius 1 is 0.923 bits per heavy atom. The zero-order valence-corrected chi connectivity index (χ0v) is 17.4. The second kappa shape index (κ2) is 9.70. The van der Waals surface area contributed by atoms with Crippen LogP contribution in [0.25, 0.3) is 11.4 Å². The minimum absolute atomic E-state index is 0.473. The Morgan fingerprint density at radius 3 is 1.96 bits per heavy atom. The highest BCUT2D eigenvalue weighted by Crippen LogP contribution is 2.36. The van der Waals surface area contributed by atoms with Crippen molar-refractivity contribution in [2.45, 2.75) is 79.1 Å². The first kappa shape index (κ1) is 20.4. The SMILES string of the molecule is CCCC(CCC)c1c(C)nc(-c2c(CC)cccc2CC)nc1OC. The molecule has 0 amide bonds. The molecule has 0 N–H and O–H groups in total. The first-order chi connectivity index (χ1) is 12.6. The van der Waals surface area contributed by atoms with E-state index in [0.29, 0.717) is 5.92 Å². The molecule has 0 unspecified atom stereocenters. The van der Waals surface area contributed by atoms with Gasteiger partial charge in [0.25, 0.3) is 0 Å². The summed E-state index contributed by atoms with van der Waals surface area (Å²) in [5.41, 5.74) is 6.06. The third-order valence-electron chi connectivity index (χ3n) is 5.20. The van der Waals surface area contributed by atoms with Gasteiger partial charge >= 0.3 is 0 Å². The van der Waals surface area contributed by atoms with E-state index >= 15 is 0 Å². The standard InChI is InChI=1S/C23H34N2O/c1-7-12-19(13-8-2)20-16(5)24-22(25-23(20)26-6)21-17(9-3)14-11-15-18(21)10-4/h11,14-15,19H,7-10,12-13H2,1-6H3. The summed E-state index contributed by atoms with van der Waals surface area (Å²) in [6.45, 7) is 11.0. The predicted octanol–water partition coefficient (Wildman–Crippen LogP) is 6.27. The number of rotatable bonds is 9. The predicted molar refractivity (Wildman–Crippen MR) is 110 cm³/mol. The van der Waals surface area contributed by atoms with Crippen LogP contribution < -0.4 is 4.74 Å². The Hall–Kier alpha value is -1.90. The summed E-state index contributed by atoms with van der Waals surface area (Å²) in [6.07, 6.45) is 6.58. The van der Waals surface area contributed by atoms with Gasteiger partial charge in [0.1, 0.15) is 0 Å². The molecule has 0 saturated carbocycles. The summed E-state index contributed by atoms with van der Waals surface area (Å²) in [5, 5.41) is 0. The molecule has 0 aliphatic rings. The molecule has 142 valence electrons. The molecule has 0 aliphatic carbocycles. The van der Waals surface area contributed by atoms with Crippen LogP contribution >= 0.6 is 0 Å². The van der Waals surface area contributed by atoms with Crippen LogP contribution in [0, 0.1) is 6.92 Å². The van der Waals surface area contributed by atoms with Crippen LogP contribution in [0.3, 0.4) is 0 Å². The van der Waals surface area contributed by atoms with Gasteiger partial charge in [-0.1, -0.05) is 58.7 Å². The molecule has 1 aromatic carbocycles. The number of ether oxygens (including phenoxy) is 1.